The first-order chi connectivity index (χ1) is 12.9. The number of nitrogens with zero attached hydrogens (tertiary/aromatic N) is 3. The maximum Gasteiger partial charge on any atom is 0.274 e. The molecule has 1 aliphatic rings. The molecular weight excluding hydrogens is 364 g/mol. The van der Waals surface area contributed by atoms with Gasteiger partial charge in [-0.25, -0.2) is 8.42 Å². The number of aromatic nitrogens is 1. The molecule has 2 heterocycles. The van der Waals surface area contributed by atoms with Crippen LogP contribution in [0.15, 0.2) is 42.6 Å². The van der Waals surface area contributed by atoms with E-state index in [0.717, 1.165) is 5.69 Å². The van der Waals surface area contributed by atoms with E-state index >= 15 is 0 Å². The van der Waals surface area contributed by atoms with Crippen LogP contribution in [0.1, 0.15) is 29.4 Å². The van der Waals surface area contributed by atoms with Crippen molar-refractivity contribution in [2.45, 2.75) is 19.4 Å². The SMILES string of the molecule is CCN(c1ccnc(C(=O)Nc2ccccc2C#N)c1)C1CCS(=O)(=O)C1. The summed E-state index contributed by atoms with van der Waals surface area (Å²) in [7, 11) is -3.00. The van der Waals surface area contributed by atoms with Crippen molar-refractivity contribution in [2.24, 2.45) is 0 Å². The predicted molar refractivity (Wildman–Crippen MR) is 103 cm³/mol. The molecule has 1 aromatic heterocycles. The molecule has 27 heavy (non-hydrogen) atoms. The van der Waals surface area contributed by atoms with Gasteiger partial charge in [-0.2, -0.15) is 5.26 Å². The Morgan fingerprint density at radius 1 is 1.37 bits per heavy atom. The quantitative estimate of drug-likeness (QED) is 0.848. The number of carbonyl (C=O) groups is 1. The summed E-state index contributed by atoms with van der Waals surface area (Å²) < 4.78 is 23.6. The van der Waals surface area contributed by atoms with Gasteiger partial charge in [0.1, 0.15) is 11.8 Å². The largest absolute Gasteiger partial charge is 0.368 e. The Hall–Kier alpha value is -2.92. The molecule has 1 N–H and O–H groups in total. The third kappa shape index (κ3) is 4.26. The third-order valence-electron chi connectivity index (χ3n) is 4.59. The molecule has 1 fully saturated rings. The number of hydrogen-bond donors (Lipinski definition) is 1. The van der Waals surface area contributed by atoms with Crippen molar-refractivity contribution in [1.82, 2.24) is 4.98 Å². The van der Waals surface area contributed by atoms with Crippen LogP contribution >= 0.6 is 0 Å². The van der Waals surface area contributed by atoms with Crippen LogP contribution in [0.25, 0.3) is 0 Å². The van der Waals surface area contributed by atoms with E-state index in [4.69, 9.17) is 5.26 Å². The molecule has 0 saturated carbocycles. The van der Waals surface area contributed by atoms with Crippen LogP contribution < -0.4 is 10.2 Å². The molecule has 1 saturated heterocycles. The summed E-state index contributed by atoms with van der Waals surface area (Å²) in [5.74, 6) is -0.104. The van der Waals surface area contributed by atoms with E-state index in [1.165, 1.54) is 6.20 Å². The number of pyridine rings is 1. The summed E-state index contributed by atoms with van der Waals surface area (Å²) in [5, 5.41) is 11.8. The Morgan fingerprint density at radius 3 is 2.81 bits per heavy atom. The minimum atomic E-state index is -3.00. The zero-order chi connectivity index (χ0) is 19.4. The Labute approximate surface area is 158 Å². The monoisotopic (exact) mass is 384 g/mol. The molecule has 0 spiro atoms. The second-order valence-electron chi connectivity index (χ2n) is 6.35. The number of rotatable bonds is 5. The Morgan fingerprint density at radius 2 is 2.15 bits per heavy atom. The third-order valence-corrected chi connectivity index (χ3v) is 6.34. The molecule has 8 heteroatoms. The fourth-order valence-corrected chi connectivity index (χ4v) is 5.00. The van der Waals surface area contributed by atoms with E-state index < -0.39 is 15.7 Å². The molecule has 1 aliphatic heterocycles. The molecule has 0 bridgehead atoms. The fourth-order valence-electron chi connectivity index (χ4n) is 3.27. The molecule has 7 nitrogen and oxygen atoms in total. The molecule has 1 unspecified atom stereocenters. The molecule has 0 aliphatic carbocycles. The lowest BCUT2D eigenvalue weighted by Crippen LogP contribution is -2.36. The van der Waals surface area contributed by atoms with Gasteiger partial charge in [0.05, 0.1) is 22.8 Å². The summed E-state index contributed by atoms with van der Waals surface area (Å²) in [5.41, 5.74) is 1.76. The second kappa shape index (κ2) is 7.76. The minimum absolute atomic E-state index is 0.0994. The zero-order valence-electron chi connectivity index (χ0n) is 14.9. The van der Waals surface area contributed by atoms with Crippen molar-refractivity contribution in [3.8, 4) is 6.07 Å². The predicted octanol–water partition coefficient (Wildman–Crippen LogP) is 2.22. The van der Waals surface area contributed by atoms with E-state index in [9.17, 15) is 13.2 Å². The normalized spacial score (nSPS) is 17.9. The summed E-state index contributed by atoms with van der Waals surface area (Å²) in [6.45, 7) is 2.58. The first-order valence-corrected chi connectivity index (χ1v) is 10.5. The van der Waals surface area contributed by atoms with Gasteiger partial charge in [-0.1, -0.05) is 12.1 Å². The van der Waals surface area contributed by atoms with E-state index in [0.29, 0.717) is 24.2 Å². The molecule has 140 valence electrons. The van der Waals surface area contributed by atoms with Gasteiger partial charge in [-0.15, -0.1) is 0 Å². The number of benzene rings is 1. The number of carbonyl (C=O) groups excluding carboxylic acids is 1. The van der Waals surface area contributed by atoms with Gasteiger partial charge in [0.2, 0.25) is 0 Å². The van der Waals surface area contributed by atoms with Crippen molar-refractivity contribution in [2.75, 3.05) is 28.3 Å². The average Bonchev–Trinajstić information content (AvgIpc) is 3.02. The van der Waals surface area contributed by atoms with Gasteiger partial charge in [-0.3, -0.25) is 9.78 Å². The Bertz CT molecular complexity index is 998. The van der Waals surface area contributed by atoms with E-state index in [2.05, 4.69) is 10.3 Å². The van der Waals surface area contributed by atoms with Crippen molar-refractivity contribution in [3.63, 3.8) is 0 Å². The van der Waals surface area contributed by atoms with Crippen LogP contribution in [0.4, 0.5) is 11.4 Å². The first-order valence-electron chi connectivity index (χ1n) is 8.67. The van der Waals surface area contributed by atoms with Crippen molar-refractivity contribution in [3.05, 3.63) is 53.9 Å². The van der Waals surface area contributed by atoms with Crippen molar-refractivity contribution < 1.29 is 13.2 Å². The maximum absolute atomic E-state index is 12.6. The molecule has 3 rings (SSSR count). The van der Waals surface area contributed by atoms with E-state index in [-0.39, 0.29) is 23.2 Å². The topological polar surface area (TPSA) is 103 Å². The van der Waals surface area contributed by atoms with Crippen molar-refractivity contribution in [1.29, 1.82) is 5.26 Å². The molecule has 2 aromatic rings. The number of sulfone groups is 1. The van der Waals surface area contributed by atoms with Gasteiger partial charge in [0, 0.05) is 24.5 Å². The summed E-state index contributed by atoms with van der Waals surface area (Å²) in [6, 6.07) is 12.1. The number of hydrogen-bond acceptors (Lipinski definition) is 6. The van der Waals surface area contributed by atoms with Crippen LogP contribution in [-0.2, 0) is 9.84 Å². The van der Waals surface area contributed by atoms with Crippen LogP contribution in [0, 0.1) is 11.3 Å². The summed E-state index contributed by atoms with van der Waals surface area (Å²) in [4.78, 5) is 18.7. The lowest BCUT2D eigenvalue weighted by molar-refractivity contribution is 0.102. The highest BCUT2D eigenvalue weighted by molar-refractivity contribution is 7.91. The van der Waals surface area contributed by atoms with Crippen LogP contribution in [0.2, 0.25) is 0 Å². The van der Waals surface area contributed by atoms with Crippen LogP contribution in [0.5, 0.6) is 0 Å². The minimum Gasteiger partial charge on any atom is -0.368 e. The van der Waals surface area contributed by atoms with Gasteiger partial charge in [0.25, 0.3) is 5.91 Å². The number of para-hydroxylation sites is 1. The lowest BCUT2D eigenvalue weighted by atomic mass is 10.1. The van der Waals surface area contributed by atoms with Gasteiger partial charge in [0.15, 0.2) is 9.84 Å². The fraction of sp³-hybridized carbons (Fsp3) is 0.316. The van der Waals surface area contributed by atoms with Gasteiger partial charge >= 0.3 is 0 Å². The van der Waals surface area contributed by atoms with Crippen LogP contribution in [0.3, 0.4) is 0 Å². The Kier molecular flexibility index (Phi) is 5.42. The van der Waals surface area contributed by atoms with Gasteiger partial charge < -0.3 is 10.2 Å². The number of nitriles is 1. The smallest absolute Gasteiger partial charge is 0.274 e. The highest BCUT2D eigenvalue weighted by atomic mass is 32.2. The van der Waals surface area contributed by atoms with Crippen molar-refractivity contribution >= 4 is 27.1 Å². The molecular formula is C19H20N4O3S. The number of amides is 1. The Balaban J connectivity index is 1.82. The number of anilines is 2. The lowest BCUT2D eigenvalue weighted by Gasteiger charge is -2.29. The highest BCUT2D eigenvalue weighted by Gasteiger charge is 2.32. The standard InChI is InChI=1S/C19H20N4O3S/c1-2-23(16-8-10-27(25,26)13-16)15-7-9-21-18(11-15)19(24)22-17-6-4-3-5-14(17)12-20/h3-7,9,11,16H,2,8,10,13H2,1H3,(H,22,24). The zero-order valence-corrected chi connectivity index (χ0v) is 15.7. The molecule has 1 aromatic carbocycles. The second-order valence-corrected chi connectivity index (χ2v) is 8.58. The highest BCUT2D eigenvalue weighted by Crippen LogP contribution is 2.25. The van der Waals surface area contributed by atoms with Crippen LogP contribution in [-0.4, -0.2) is 43.4 Å². The maximum atomic E-state index is 12.6. The average molecular weight is 384 g/mol. The summed E-state index contributed by atoms with van der Waals surface area (Å²) in [6.07, 6.45) is 2.11. The number of nitrogens with one attached hydrogen (secondary N) is 1. The first kappa shape index (κ1) is 18.9. The summed E-state index contributed by atoms with van der Waals surface area (Å²) >= 11 is 0. The molecule has 1 amide bonds. The van der Waals surface area contributed by atoms with E-state index in [1.807, 2.05) is 17.9 Å². The molecule has 0 radical (unpaired) electrons. The van der Waals surface area contributed by atoms with Gasteiger partial charge in [-0.05, 0) is 37.6 Å². The van der Waals surface area contributed by atoms with E-state index in [1.54, 1.807) is 36.4 Å². The molecule has 1 atom stereocenters.